The largest absolute Gasteiger partial charge is 0.439 e. The van der Waals surface area contributed by atoms with Crippen LogP contribution in [0, 0.1) is 0 Å². The Morgan fingerprint density at radius 1 is 1.28 bits per heavy atom. The van der Waals surface area contributed by atoms with Crippen LogP contribution in [0.25, 0.3) is 0 Å². The van der Waals surface area contributed by atoms with Crippen molar-refractivity contribution >= 4 is 11.6 Å². The van der Waals surface area contributed by atoms with Crippen molar-refractivity contribution in [1.29, 1.82) is 0 Å². The minimum atomic E-state index is 0.259. The maximum atomic E-state index is 5.90. The summed E-state index contributed by atoms with van der Waals surface area (Å²) in [5.74, 6) is 1.25. The van der Waals surface area contributed by atoms with E-state index >= 15 is 0 Å². The zero-order chi connectivity index (χ0) is 13.0. The van der Waals surface area contributed by atoms with E-state index in [0.29, 0.717) is 16.7 Å². The van der Waals surface area contributed by atoms with Gasteiger partial charge in [0.15, 0.2) is 0 Å². The van der Waals surface area contributed by atoms with Crippen molar-refractivity contribution in [2.24, 2.45) is 0 Å². The third-order valence-electron chi connectivity index (χ3n) is 2.71. The Kier molecular flexibility index (Phi) is 4.18. The molecule has 2 rings (SSSR count). The first-order valence-electron chi connectivity index (χ1n) is 5.75. The summed E-state index contributed by atoms with van der Waals surface area (Å²) in [4.78, 5) is 4.19. The second-order valence-corrected chi connectivity index (χ2v) is 4.43. The van der Waals surface area contributed by atoms with E-state index in [9.17, 15) is 0 Å². The fraction of sp³-hybridized carbons (Fsp3) is 0.214. The molecule has 0 aliphatic heterocycles. The number of nitrogens with zero attached hydrogens (tertiary/aromatic N) is 1. The van der Waals surface area contributed by atoms with Crippen molar-refractivity contribution in [3.8, 4) is 11.6 Å². The number of benzene rings is 1. The first-order valence-corrected chi connectivity index (χ1v) is 6.13. The van der Waals surface area contributed by atoms with Gasteiger partial charge >= 0.3 is 0 Å². The molecule has 1 aromatic carbocycles. The zero-order valence-electron chi connectivity index (χ0n) is 10.4. The molecule has 1 unspecified atom stereocenters. The highest BCUT2D eigenvalue weighted by Gasteiger charge is 2.05. The van der Waals surface area contributed by atoms with Crippen LogP contribution < -0.4 is 10.1 Å². The number of pyridine rings is 1. The summed E-state index contributed by atoms with van der Waals surface area (Å²) < 4.78 is 5.67. The number of hydrogen-bond acceptors (Lipinski definition) is 3. The lowest BCUT2D eigenvalue weighted by atomic mass is 10.1. The summed E-state index contributed by atoms with van der Waals surface area (Å²) in [5, 5.41) is 3.82. The van der Waals surface area contributed by atoms with Crippen molar-refractivity contribution in [3.05, 3.63) is 53.2 Å². The van der Waals surface area contributed by atoms with E-state index in [4.69, 9.17) is 16.3 Å². The molecule has 0 aliphatic carbocycles. The van der Waals surface area contributed by atoms with Gasteiger partial charge in [-0.05, 0) is 43.8 Å². The fourth-order valence-electron chi connectivity index (χ4n) is 1.57. The van der Waals surface area contributed by atoms with Crippen LogP contribution in [0.4, 0.5) is 0 Å². The Morgan fingerprint density at radius 3 is 2.83 bits per heavy atom. The third-order valence-corrected chi connectivity index (χ3v) is 2.95. The van der Waals surface area contributed by atoms with E-state index < -0.39 is 0 Å². The highest BCUT2D eigenvalue weighted by Crippen LogP contribution is 2.24. The summed E-state index contributed by atoms with van der Waals surface area (Å²) in [5.41, 5.74) is 1.13. The Bertz CT molecular complexity index is 531. The molecular formula is C14H15ClN2O. The number of aromatic nitrogens is 1. The minimum absolute atomic E-state index is 0.259. The highest BCUT2D eigenvalue weighted by molar-refractivity contribution is 6.30. The maximum Gasteiger partial charge on any atom is 0.219 e. The Labute approximate surface area is 112 Å². The normalized spacial score (nSPS) is 12.2. The van der Waals surface area contributed by atoms with Crippen LogP contribution in [0.3, 0.4) is 0 Å². The minimum Gasteiger partial charge on any atom is -0.439 e. The lowest BCUT2D eigenvalue weighted by Crippen LogP contribution is -2.12. The molecule has 2 aromatic rings. The predicted molar refractivity (Wildman–Crippen MR) is 73.2 cm³/mol. The van der Waals surface area contributed by atoms with E-state index in [-0.39, 0.29) is 6.04 Å². The quantitative estimate of drug-likeness (QED) is 0.910. The number of rotatable bonds is 4. The molecule has 1 heterocycles. The first kappa shape index (κ1) is 12.9. The predicted octanol–water partition coefficient (Wildman–Crippen LogP) is 3.81. The van der Waals surface area contributed by atoms with Crippen LogP contribution in [0.1, 0.15) is 18.5 Å². The summed E-state index contributed by atoms with van der Waals surface area (Å²) >= 11 is 5.90. The van der Waals surface area contributed by atoms with Gasteiger partial charge in [-0.1, -0.05) is 17.7 Å². The maximum absolute atomic E-state index is 5.90. The molecule has 0 fully saturated rings. The smallest absolute Gasteiger partial charge is 0.219 e. The van der Waals surface area contributed by atoms with Gasteiger partial charge in [0.05, 0.1) is 0 Å². The molecule has 0 saturated heterocycles. The van der Waals surface area contributed by atoms with Crippen molar-refractivity contribution in [1.82, 2.24) is 10.3 Å². The second kappa shape index (κ2) is 5.85. The van der Waals surface area contributed by atoms with Crippen LogP contribution in [0.5, 0.6) is 11.6 Å². The summed E-state index contributed by atoms with van der Waals surface area (Å²) in [6.45, 7) is 2.08. The van der Waals surface area contributed by atoms with Gasteiger partial charge < -0.3 is 10.1 Å². The van der Waals surface area contributed by atoms with Gasteiger partial charge in [-0.15, -0.1) is 0 Å². The molecule has 18 heavy (non-hydrogen) atoms. The average molecular weight is 263 g/mol. The topological polar surface area (TPSA) is 34.2 Å². The van der Waals surface area contributed by atoms with Crippen LogP contribution in [0.2, 0.25) is 5.02 Å². The van der Waals surface area contributed by atoms with Crippen molar-refractivity contribution < 1.29 is 4.74 Å². The van der Waals surface area contributed by atoms with Crippen LogP contribution in [0.15, 0.2) is 42.6 Å². The van der Waals surface area contributed by atoms with Gasteiger partial charge in [0.2, 0.25) is 5.88 Å². The standard InChI is InChI=1S/C14H15ClN2O/c1-10(16-2)11-6-7-17-14(8-11)18-13-5-3-4-12(15)9-13/h3-10,16H,1-2H3. The molecule has 0 spiro atoms. The lowest BCUT2D eigenvalue weighted by Gasteiger charge is -2.11. The Balaban J connectivity index is 2.19. The fourth-order valence-corrected chi connectivity index (χ4v) is 1.75. The molecule has 1 aromatic heterocycles. The number of halogens is 1. The van der Waals surface area contributed by atoms with Crippen molar-refractivity contribution in [2.75, 3.05) is 7.05 Å². The van der Waals surface area contributed by atoms with E-state index in [1.165, 1.54) is 0 Å². The molecule has 0 radical (unpaired) electrons. The molecule has 0 amide bonds. The van der Waals surface area contributed by atoms with Gasteiger partial charge in [-0.3, -0.25) is 0 Å². The first-order chi connectivity index (χ1) is 8.69. The van der Waals surface area contributed by atoms with E-state index in [1.807, 2.05) is 31.3 Å². The van der Waals surface area contributed by atoms with Crippen molar-refractivity contribution in [3.63, 3.8) is 0 Å². The number of nitrogens with one attached hydrogen (secondary N) is 1. The number of hydrogen-bond donors (Lipinski definition) is 1. The molecule has 1 N–H and O–H groups in total. The van der Waals surface area contributed by atoms with Gasteiger partial charge in [-0.25, -0.2) is 4.98 Å². The molecule has 1 atom stereocenters. The molecule has 0 bridgehead atoms. The Hall–Kier alpha value is -1.58. The molecular weight excluding hydrogens is 248 g/mol. The van der Waals surface area contributed by atoms with E-state index in [1.54, 1.807) is 18.3 Å². The van der Waals surface area contributed by atoms with Crippen molar-refractivity contribution in [2.45, 2.75) is 13.0 Å². The molecule has 94 valence electrons. The lowest BCUT2D eigenvalue weighted by molar-refractivity contribution is 0.461. The average Bonchev–Trinajstić information content (AvgIpc) is 2.38. The molecule has 4 heteroatoms. The number of ether oxygens (including phenoxy) is 1. The molecule has 0 saturated carbocycles. The van der Waals surface area contributed by atoms with Gasteiger partial charge in [-0.2, -0.15) is 0 Å². The SMILES string of the molecule is CNC(C)c1ccnc(Oc2cccc(Cl)c2)c1. The molecule has 0 aliphatic rings. The van der Waals surface area contributed by atoms with Gasteiger partial charge in [0.1, 0.15) is 5.75 Å². The van der Waals surface area contributed by atoms with Crippen LogP contribution in [-0.2, 0) is 0 Å². The third kappa shape index (κ3) is 3.22. The zero-order valence-corrected chi connectivity index (χ0v) is 11.1. The highest BCUT2D eigenvalue weighted by atomic mass is 35.5. The second-order valence-electron chi connectivity index (χ2n) is 4.00. The van der Waals surface area contributed by atoms with E-state index in [2.05, 4.69) is 17.2 Å². The summed E-state index contributed by atoms with van der Waals surface area (Å²) in [6.07, 6.45) is 1.74. The van der Waals surface area contributed by atoms with Crippen LogP contribution >= 0.6 is 11.6 Å². The summed E-state index contributed by atoms with van der Waals surface area (Å²) in [7, 11) is 1.92. The van der Waals surface area contributed by atoms with Crippen LogP contribution in [-0.4, -0.2) is 12.0 Å². The monoisotopic (exact) mass is 262 g/mol. The summed E-state index contributed by atoms with van der Waals surface area (Å²) in [6, 6.07) is 11.4. The Morgan fingerprint density at radius 2 is 2.11 bits per heavy atom. The van der Waals surface area contributed by atoms with Gasteiger partial charge in [0, 0.05) is 23.3 Å². The van der Waals surface area contributed by atoms with Gasteiger partial charge in [0.25, 0.3) is 0 Å². The van der Waals surface area contributed by atoms with E-state index in [0.717, 1.165) is 5.56 Å². The molecule has 3 nitrogen and oxygen atoms in total.